The van der Waals surface area contributed by atoms with Crippen molar-refractivity contribution in [2.24, 2.45) is 5.73 Å². The normalized spacial score (nSPS) is 17.8. The lowest BCUT2D eigenvalue weighted by molar-refractivity contribution is 0.190. The first-order valence-electron chi connectivity index (χ1n) is 6.65. The van der Waals surface area contributed by atoms with Crippen molar-refractivity contribution < 1.29 is 4.74 Å². The van der Waals surface area contributed by atoms with Gasteiger partial charge < -0.3 is 10.5 Å². The SMILES string of the molecule is COCCCC(N)c1cccc(C2CCC2)c1. The van der Waals surface area contributed by atoms with Crippen molar-refractivity contribution in [3.05, 3.63) is 35.4 Å². The molecule has 2 N–H and O–H groups in total. The van der Waals surface area contributed by atoms with Gasteiger partial charge in [-0.05, 0) is 42.7 Å². The maximum absolute atomic E-state index is 6.21. The largest absolute Gasteiger partial charge is 0.385 e. The number of rotatable bonds is 6. The first-order valence-corrected chi connectivity index (χ1v) is 6.65. The van der Waals surface area contributed by atoms with E-state index >= 15 is 0 Å². The third-order valence-electron chi connectivity index (χ3n) is 3.78. The highest BCUT2D eigenvalue weighted by atomic mass is 16.5. The number of hydrogen-bond acceptors (Lipinski definition) is 2. The van der Waals surface area contributed by atoms with Crippen LogP contribution in [0.3, 0.4) is 0 Å². The van der Waals surface area contributed by atoms with Gasteiger partial charge in [0.1, 0.15) is 0 Å². The van der Waals surface area contributed by atoms with Gasteiger partial charge in [-0.3, -0.25) is 0 Å². The van der Waals surface area contributed by atoms with Gasteiger partial charge in [-0.1, -0.05) is 30.7 Å². The second kappa shape index (κ2) is 6.18. The molecule has 2 heteroatoms. The van der Waals surface area contributed by atoms with Crippen molar-refractivity contribution >= 4 is 0 Å². The highest BCUT2D eigenvalue weighted by molar-refractivity contribution is 5.29. The predicted octanol–water partition coefficient (Wildman–Crippen LogP) is 3.38. The van der Waals surface area contributed by atoms with Crippen molar-refractivity contribution in [1.82, 2.24) is 0 Å². The fraction of sp³-hybridized carbons (Fsp3) is 0.600. The second-order valence-electron chi connectivity index (χ2n) is 5.04. The van der Waals surface area contributed by atoms with Gasteiger partial charge in [0.05, 0.1) is 0 Å². The molecule has 1 saturated carbocycles. The van der Waals surface area contributed by atoms with Crippen LogP contribution in [0.4, 0.5) is 0 Å². The van der Waals surface area contributed by atoms with E-state index in [4.69, 9.17) is 10.5 Å². The molecule has 0 saturated heterocycles. The lowest BCUT2D eigenvalue weighted by atomic mass is 9.79. The standard InChI is InChI=1S/C15H23NO/c1-17-10-4-9-15(16)14-8-3-7-13(11-14)12-5-2-6-12/h3,7-8,11-12,15H,2,4-6,9-10,16H2,1H3. The molecular formula is C15H23NO. The van der Waals surface area contributed by atoms with Crippen LogP contribution >= 0.6 is 0 Å². The highest BCUT2D eigenvalue weighted by Gasteiger charge is 2.19. The summed E-state index contributed by atoms with van der Waals surface area (Å²) in [7, 11) is 1.74. The van der Waals surface area contributed by atoms with Crippen LogP contribution in [0.1, 0.15) is 55.2 Å². The lowest BCUT2D eigenvalue weighted by Crippen LogP contribution is -2.13. The quantitative estimate of drug-likeness (QED) is 0.764. The minimum absolute atomic E-state index is 0.158. The summed E-state index contributed by atoms with van der Waals surface area (Å²) in [5, 5.41) is 0. The molecule has 1 atom stereocenters. The number of hydrogen-bond donors (Lipinski definition) is 1. The number of benzene rings is 1. The van der Waals surface area contributed by atoms with E-state index < -0.39 is 0 Å². The summed E-state index contributed by atoms with van der Waals surface area (Å²) < 4.78 is 5.06. The van der Waals surface area contributed by atoms with Gasteiger partial charge >= 0.3 is 0 Å². The molecule has 1 fully saturated rings. The predicted molar refractivity (Wildman–Crippen MR) is 71.1 cm³/mol. The molecule has 0 heterocycles. The Morgan fingerprint density at radius 3 is 2.88 bits per heavy atom. The zero-order valence-electron chi connectivity index (χ0n) is 10.7. The Labute approximate surface area is 104 Å². The summed E-state index contributed by atoms with van der Waals surface area (Å²) in [5.41, 5.74) is 8.97. The summed E-state index contributed by atoms with van der Waals surface area (Å²) in [5.74, 6) is 0.793. The van der Waals surface area contributed by atoms with E-state index in [0.717, 1.165) is 25.4 Å². The van der Waals surface area contributed by atoms with Crippen molar-refractivity contribution in [3.63, 3.8) is 0 Å². The Morgan fingerprint density at radius 2 is 2.24 bits per heavy atom. The molecule has 2 nitrogen and oxygen atoms in total. The molecule has 2 rings (SSSR count). The van der Waals surface area contributed by atoms with E-state index in [1.54, 1.807) is 7.11 Å². The third kappa shape index (κ3) is 3.30. The number of methoxy groups -OCH3 is 1. The maximum atomic E-state index is 6.21. The molecule has 1 aromatic rings. The van der Waals surface area contributed by atoms with Crippen molar-refractivity contribution in [1.29, 1.82) is 0 Å². The molecule has 1 unspecified atom stereocenters. The second-order valence-corrected chi connectivity index (χ2v) is 5.04. The Kier molecular flexibility index (Phi) is 4.57. The van der Waals surface area contributed by atoms with Crippen LogP contribution in [0.5, 0.6) is 0 Å². The molecular weight excluding hydrogens is 210 g/mol. The molecule has 94 valence electrons. The third-order valence-corrected chi connectivity index (χ3v) is 3.78. The average Bonchev–Trinajstić information content (AvgIpc) is 2.27. The Balaban J connectivity index is 1.94. The van der Waals surface area contributed by atoms with Crippen LogP contribution in [0, 0.1) is 0 Å². The van der Waals surface area contributed by atoms with Crippen LogP contribution in [-0.4, -0.2) is 13.7 Å². The molecule has 0 aromatic heterocycles. The number of nitrogens with two attached hydrogens (primary N) is 1. The Bertz CT molecular complexity index is 347. The molecule has 0 spiro atoms. The molecule has 0 aliphatic heterocycles. The van der Waals surface area contributed by atoms with Crippen LogP contribution in [0.25, 0.3) is 0 Å². The van der Waals surface area contributed by atoms with E-state index in [9.17, 15) is 0 Å². The van der Waals surface area contributed by atoms with E-state index in [1.165, 1.54) is 30.4 Å². The van der Waals surface area contributed by atoms with Crippen molar-refractivity contribution in [3.8, 4) is 0 Å². The zero-order chi connectivity index (χ0) is 12.1. The molecule has 1 aromatic carbocycles. The summed E-state index contributed by atoms with van der Waals surface area (Å²) >= 11 is 0. The maximum Gasteiger partial charge on any atom is 0.0462 e. The van der Waals surface area contributed by atoms with Crippen LogP contribution < -0.4 is 5.73 Å². The molecule has 0 radical (unpaired) electrons. The minimum atomic E-state index is 0.158. The van der Waals surface area contributed by atoms with E-state index in [0.29, 0.717) is 0 Å². The lowest BCUT2D eigenvalue weighted by Gasteiger charge is -2.26. The van der Waals surface area contributed by atoms with Gasteiger partial charge in [0.15, 0.2) is 0 Å². The van der Waals surface area contributed by atoms with Crippen LogP contribution in [0.15, 0.2) is 24.3 Å². The molecule has 1 aliphatic rings. The average molecular weight is 233 g/mol. The van der Waals surface area contributed by atoms with Crippen molar-refractivity contribution in [2.45, 2.75) is 44.1 Å². The summed E-state index contributed by atoms with van der Waals surface area (Å²) in [6.07, 6.45) is 6.12. The zero-order valence-corrected chi connectivity index (χ0v) is 10.7. The summed E-state index contributed by atoms with van der Waals surface area (Å²) in [4.78, 5) is 0. The van der Waals surface area contributed by atoms with E-state index in [1.807, 2.05) is 0 Å². The van der Waals surface area contributed by atoms with Gasteiger partial charge in [0.25, 0.3) is 0 Å². The summed E-state index contributed by atoms with van der Waals surface area (Å²) in [6.45, 7) is 0.802. The first kappa shape index (κ1) is 12.6. The van der Waals surface area contributed by atoms with Crippen LogP contribution in [0.2, 0.25) is 0 Å². The molecule has 0 bridgehead atoms. The fourth-order valence-electron chi connectivity index (χ4n) is 2.40. The van der Waals surface area contributed by atoms with Crippen LogP contribution in [-0.2, 0) is 4.74 Å². The van der Waals surface area contributed by atoms with E-state index in [-0.39, 0.29) is 6.04 Å². The van der Waals surface area contributed by atoms with Gasteiger partial charge in [-0.2, -0.15) is 0 Å². The van der Waals surface area contributed by atoms with Gasteiger partial charge in [0.2, 0.25) is 0 Å². The topological polar surface area (TPSA) is 35.2 Å². The molecule has 17 heavy (non-hydrogen) atoms. The number of ether oxygens (including phenoxy) is 1. The smallest absolute Gasteiger partial charge is 0.0462 e. The Morgan fingerprint density at radius 1 is 1.41 bits per heavy atom. The van der Waals surface area contributed by atoms with E-state index in [2.05, 4.69) is 24.3 Å². The minimum Gasteiger partial charge on any atom is -0.385 e. The Hall–Kier alpha value is -0.860. The van der Waals surface area contributed by atoms with Gasteiger partial charge in [-0.15, -0.1) is 0 Å². The summed E-state index contributed by atoms with van der Waals surface area (Å²) in [6, 6.07) is 9.01. The first-order chi connectivity index (χ1) is 8.31. The monoisotopic (exact) mass is 233 g/mol. The van der Waals surface area contributed by atoms with Gasteiger partial charge in [-0.25, -0.2) is 0 Å². The molecule has 1 aliphatic carbocycles. The fourth-order valence-corrected chi connectivity index (χ4v) is 2.40. The van der Waals surface area contributed by atoms with Gasteiger partial charge in [0, 0.05) is 19.8 Å². The molecule has 0 amide bonds. The van der Waals surface area contributed by atoms with Crippen molar-refractivity contribution in [2.75, 3.05) is 13.7 Å². The highest BCUT2D eigenvalue weighted by Crippen LogP contribution is 2.37.